The lowest BCUT2D eigenvalue weighted by Crippen LogP contribution is -2.64. The lowest BCUT2D eigenvalue weighted by atomic mass is 9.97. The topological polar surface area (TPSA) is 144 Å². The van der Waals surface area contributed by atoms with Gasteiger partial charge in [0.15, 0.2) is 18.3 Å². The fourth-order valence-corrected chi connectivity index (χ4v) is 4.51. The van der Waals surface area contributed by atoms with E-state index in [4.69, 9.17) is 28.4 Å². The summed E-state index contributed by atoms with van der Waals surface area (Å²) in [6, 6.07) is 6.88. The van der Waals surface area contributed by atoms with E-state index in [2.05, 4.69) is 0 Å². The second kappa shape index (κ2) is 10.8. The van der Waals surface area contributed by atoms with E-state index in [9.17, 15) is 24.3 Å². The summed E-state index contributed by atoms with van der Waals surface area (Å²) >= 11 is 1.35. The maximum Gasteiger partial charge on any atom is 0.339 e. The SMILES string of the molecule is COC(=O)[C@H]1O[C@@H](Oc2cccc3sc(CO)cc23)[C@H](OC(C)=O)[C@@H](OC(C)=O)[C@@H]1OC(C)=O. The molecule has 0 spiro atoms. The predicted octanol–water partition coefficient (Wildman–Crippen LogP) is 1.47. The molecule has 1 fully saturated rings. The zero-order valence-corrected chi connectivity index (χ0v) is 19.7. The molecular weight excluding hydrogens is 472 g/mol. The molecule has 1 aliphatic heterocycles. The van der Waals surface area contributed by atoms with E-state index in [0.717, 1.165) is 32.6 Å². The van der Waals surface area contributed by atoms with Crippen molar-refractivity contribution < 1.29 is 52.7 Å². The van der Waals surface area contributed by atoms with Crippen molar-refractivity contribution in [1.29, 1.82) is 0 Å². The molecule has 3 rings (SSSR count). The van der Waals surface area contributed by atoms with Crippen LogP contribution in [0.5, 0.6) is 5.75 Å². The Morgan fingerprint density at radius 3 is 2.18 bits per heavy atom. The van der Waals surface area contributed by atoms with Crippen LogP contribution in [0, 0.1) is 0 Å². The van der Waals surface area contributed by atoms with Crippen molar-refractivity contribution in [1.82, 2.24) is 0 Å². The molecule has 11 nitrogen and oxygen atoms in total. The average molecular weight is 496 g/mol. The maximum absolute atomic E-state index is 12.5. The summed E-state index contributed by atoms with van der Waals surface area (Å²) in [5.41, 5.74) is 0. The van der Waals surface area contributed by atoms with E-state index < -0.39 is 54.6 Å². The van der Waals surface area contributed by atoms with Gasteiger partial charge in [0.2, 0.25) is 12.4 Å². The summed E-state index contributed by atoms with van der Waals surface area (Å²) in [5, 5.41) is 10.1. The first kappa shape index (κ1) is 25.4. The Morgan fingerprint density at radius 1 is 0.971 bits per heavy atom. The number of carbonyl (C=O) groups excluding carboxylic acids is 4. The van der Waals surface area contributed by atoms with Crippen LogP contribution in [0.15, 0.2) is 24.3 Å². The Morgan fingerprint density at radius 2 is 1.59 bits per heavy atom. The van der Waals surface area contributed by atoms with Crippen LogP contribution in [0.1, 0.15) is 25.6 Å². The highest BCUT2D eigenvalue weighted by Crippen LogP contribution is 2.36. The van der Waals surface area contributed by atoms with Crippen LogP contribution in [0.3, 0.4) is 0 Å². The van der Waals surface area contributed by atoms with Gasteiger partial charge in [-0.3, -0.25) is 14.4 Å². The van der Waals surface area contributed by atoms with Crippen LogP contribution >= 0.6 is 11.3 Å². The van der Waals surface area contributed by atoms with Crippen molar-refractivity contribution in [2.75, 3.05) is 7.11 Å². The van der Waals surface area contributed by atoms with Gasteiger partial charge in [-0.1, -0.05) is 6.07 Å². The quantitative estimate of drug-likeness (QED) is 0.439. The number of aliphatic hydroxyl groups excluding tert-OH is 1. The molecule has 34 heavy (non-hydrogen) atoms. The van der Waals surface area contributed by atoms with Gasteiger partial charge in [-0.2, -0.15) is 0 Å². The number of carbonyl (C=O) groups is 4. The van der Waals surface area contributed by atoms with Gasteiger partial charge >= 0.3 is 23.9 Å². The number of ether oxygens (including phenoxy) is 6. The highest BCUT2D eigenvalue weighted by molar-refractivity contribution is 7.19. The third kappa shape index (κ3) is 5.64. The molecule has 2 heterocycles. The molecule has 1 aromatic heterocycles. The first-order valence-electron chi connectivity index (χ1n) is 10.2. The highest BCUT2D eigenvalue weighted by Gasteiger charge is 2.55. The molecule has 0 aliphatic carbocycles. The van der Waals surface area contributed by atoms with Crippen molar-refractivity contribution >= 4 is 45.3 Å². The predicted molar refractivity (Wildman–Crippen MR) is 116 cm³/mol. The standard InChI is InChI=1S/C22H24O11S/c1-10(24)29-17-18(30-11(2)25)20(31-12(3)26)22(33-19(17)21(27)28-4)32-15-6-5-7-16-14(15)8-13(9-23)34-16/h5-8,17-20,22-23H,9H2,1-4H3/t17-,18-,19-,20+,22+/m0/s1. The molecule has 5 atom stereocenters. The van der Waals surface area contributed by atoms with Crippen LogP contribution in [0.4, 0.5) is 0 Å². The second-order valence-electron chi connectivity index (χ2n) is 7.33. The van der Waals surface area contributed by atoms with E-state index in [1.165, 1.54) is 11.3 Å². The van der Waals surface area contributed by atoms with Gasteiger partial charge < -0.3 is 33.5 Å². The number of benzene rings is 1. The van der Waals surface area contributed by atoms with Crippen molar-refractivity contribution in [2.45, 2.75) is 58.1 Å². The number of esters is 4. The number of fused-ring (bicyclic) bond motifs is 1. The van der Waals surface area contributed by atoms with Crippen molar-refractivity contribution in [3.8, 4) is 5.75 Å². The van der Waals surface area contributed by atoms with E-state index in [-0.39, 0.29) is 6.61 Å². The molecule has 12 heteroatoms. The third-order valence-electron chi connectivity index (χ3n) is 4.81. The molecule has 0 amide bonds. The lowest BCUT2D eigenvalue weighted by Gasteiger charge is -2.43. The van der Waals surface area contributed by atoms with Crippen LogP contribution in [0.2, 0.25) is 0 Å². The van der Waals surface area contributed by atoms with E-state index in [1.54, 1.807) is 18.2 Å². The van der Waals surface area contributed by atoms with Gasteiger partial charge in [0, 0.05) is 35.7 Å². The summed E-state index contributed by atoms with van der Waals surface area (Å²) in [5.74, 6) is -2.95. The van der Waals surface area contributed by atoms with Crippen LogP contribution in [-0.2, 0) is 49.5 Å². The number of aliphatic hydroxyl groups is 1. The molecule has 1 saturated heterocycles. The molecule has 1 aliphatic rings. The molecule has 0 radical (unpaired) electrons. The monoisotopic (exact) mass is 496 g/mol. The molecular formula is C22H24O11S. The minimum absolute atomic E-state index is 0.169. The van der Waals surface area contributed by atoms with E-state index in [1.807, 2.05) is 6.07 Å². The Kier molecular flexibility index (Phi) is 8.07. The summed E-state index contributed by atoms with van der Waals surface area (Å²) in [6.45, 7) is 3.16. The normalized spacial score (nSPS) is 24.2. The summed E-state index contributed by atoms with van der Waals surface area (Å²) in [6.07, 6.45) is -7.33. The zero-order valence-electron chi connectivity index (χ0n) is 18.8. The number of thiophene rings is 1. The number of hydrogen-bond acceptors (Lipinski definition) is 12. The van der Waals surface area contributed by atoms with Crippen LogP contribution in [0.25, 0.3) is 10.1 Å². The Labute approximate surface area is 198 Å². The largest absolute Gasteiger partial charge is 0.467 e. The molecule has 0 saturated carbocycles. The number of methoxy groups -OCH3 is 1. The Hall–Kier alpha value is -3.22. The second-order valence-corrected chi connectivity index (χ2v) is 8.50. The van der Waals surface area contributed by atoms with Gasteiger partial charge in [0.1, 0.15) is 5.75 Å². The summed E-state index contributed by atoms with van der Waals surface area (Å²) < 4.78 is 33.3. The average Bonchev–Trinajstić information content (AvgIpc) is 3.20. The lowest BCUT2D eigenvalue weighted by molar-refractivity contribution is -0.282. The number of hydrogen-bond donors (Lipinski definition) is 1. The summed E-state index contributed by atoms with van der Waals surface area (Å²) in [7, 11) is 1.11. The van der Waals surface area contributed by atoms with Gasteiger partial charge in [0.25, 0.3) is 0 Å². The van der Waals surface area contributed by atoms with Crippen LogP contribution < -0.4 is 4.74 Å². The number of rotatable bonds is 7. The van der Waals surface area contributed by atoms with Gasteiger partial charge in [-0.15, -0.1) is 11.3 Å². The van der Waals surface area contributed by atoms with E-state index >= 15 is 0 Å². The molecule has 1 N–H and O–H groups in total. The minimum Gasteiger partial charge on any atom is -0.467 e. The Balaban J connectivity index is 2.07. The maximum atomic E-state index is 12.5. The highest BCUT2D eigenvalue weighted by atomic mass is 32.1. The van der Waals surface area contributed by atoms with Gasteiger partial charge in [0.05, 0.1) is 13.7 Å². The third-order valence-corrected chi connectivity index (χ3v) is 5.89. The first-order chi connectivity index (χ1) is 16.1. The fourth-order valence-electron chi connectivity index (χ4n) is 3.57. The van der Waals surface area contributed by atoms with E-state index in [0.29, 0.717) is 16.0 Å². The van der Waals surface area contributed by atoms with Gasteiger partial charge in [-0.25, -0.2) is 4.79 Å². The van der Waals surface area contributed by atoms with Crippen molar-refractivity contribution in [3.63, 3.8) is 0 Å². The minimum atomic E-state index is -1.55. The Bertz CT molecular complexity index is 1080. The molecule has 2 aromatic rings. The first-order valence-corrected chi connectivity index (χ1v) is 11.0. The van der Waals surface area contributed by atoms with Crippen molar-refractivity contribution in [2.24, 2.45) is 0 Å². The van der Waals surface area contributed by atoms with Crippen molar-refractivity contribution in [3.05, 3.63) is 29.1 Å². The molecule has 184 valence electrons. The zero-order chi connectivity index (χ0) is 25.0. The summed E-state index contributed by atoms with van der Waals surface area (Å²) in [4.78, 5) is 48.7. The van der Waals surface area contributed by atoms with Gasteiger partial charge in [-0.05, 0) is 18.2 Å². The fraction of sp³-hybridized carbons (Fsp3) is 0.455. The van der Waals surface area contributed by atoms with Crippen LogP contribution in [-0.4, -0.2) is 66.8 Å². The molecule has 0 bridgehead atoms. The molecule has 1 aromatic carbocycles. The molecule has 0 unspecified atom stereocenters. The smallest absolute Gasteiger partial charge is 0.339 e.